The van der Waals surface area contributed by atoms with Gasteiger partial charge in [-0.05, 0) is 25.1 Å². The standard InChI is InChI=1S/C15H16N4/c1-11-5-3-4-6-12(11)15(16-2)13-9-18-19-8-7-17-10-14(13)19/h3-10,15-16H,1-2H3. The largest absolute Gasteiger partial charge is 0.309 e. The van der Waals surface area contributed by atoms with Gasteiger partial charge in [0.25, 0.3) is 0 Å². The molecule has 0 saturated heterocycles. The van der Waals surface area contributed by atoms with Gasteiger partial charge in [0.2, 0.25) is 0 Å². The van der Waals surface area contributed by atoms with Crippen molar-refractivity contribution in [1.29, 1.82) is 0 Å². The Kier molecular flexibility index (Phi) is 3.01. The van der Waals surface area contributed by atoms with Crippen LogP contribution in [0.4, 0.5) is 0 Å². The highest BCUT2D eigenvalue weighted by Gasteiger charge is 2.18. The average Bonchev–Trinajstić information content (AvgIpc) is 2.86. The lowest BCUT2D eigenvalue weighted by Crippen LogP contribution is -2.18. The molecule has 0 radical (unpaired) electrons. The molecule has 3 aromatic rings. The van der Waals surface area contributed by atoms with E-state index >= 15 is 0 Å². The molecule has 0 saturated carbocycles. The third-order valence-electron chi connectivity index (χ3n) is 3.45. The number of rotatable bonds is 3. The number of aromatic nitrogens is 3. The maximum atomic E-state index is 4.38. The van der Waals surface area contributed by atoms with E-state index in [1.54, 1.807) is 6.20 Å². The van der Waals surface area contributed by atoms with Gasteiger partial charge in [-0.2, -0.15) is 5.10 Å². The van der Waals surface area contributed by atoms with Gasteiger partial charge < -0.3 is 5.32 Å². The molecule has 3 rings (SSSR count). The summed E-state index contributed by atoms with van der Waals surface area (Å²) in [4.78, 5) is 4.19. The summed E-state index contributed by atoms with van der Waals surface area (Å²) in [5, 5.41) is 7.75. The van der Waals surface area contributed by atoms with Crippen molar-refractivity contribution < 1.29 is 0 Å². The molecule has 2 heterocycles. The molecule has 19 heavy (non-hydrogen) atoms. The van der Waals surface area contributed by atoms with Gasteiger partial charge in [-0.3, -0.25) is 4.98 Å². The minimum absolute atomic E-state index is 0.128. The molecular weight excluding hydrogens is 236 g/mol. The Balaban J connectivity index is 2.15. The number of fused-ring (bicyclic) bond motifs is 1. The van der Waals surface area contributed by atoms with E-state index in [1.807, 2.05) is 30.2 Å². The summed E-state index contributed by atoms with van der Waals surface area (Å²) in [7, 11) is 1.97. The molecule has 96 valence electrons. The van der Waals surface area contributed by atoms with Crippen LogP contribution in [-0.2, 0) is 0 Å². The topological polar surface area (TPSA) is 42.2 Å². The first-order chi connectivity index (χ1) is 9.31. The van der Waals surface area contributed by atoms with Crippen LogP contribution in [0.25, 0.3) is 5.52 Å². The van der Waals surface area contributed by atoms with Crippen molar-refractivity contribution >= 4 is 5.52 Å². The monoisotopic (exact) mass is 252 g/mol. The van der Waals surface area contributed by atoms with Crippen LogP contribution in [0.15, 0.2) is 49.1 Å². The number of benzene rings is 1. The minimum atomic E-state index is 0.128. The van der Waals surface area contributed by atoms with E-state index in [9.17, 15) is 0 Å². The van der Waals surface area contributed by atoms with Gasteiger partial charge in [0.05, 0.1) is 24.0 Å². The molecule has 0 amide bonds. The molecule has 0 bridgehead atoms. The summed E-state index contributed by atoms with van der Waals surface area (Å²) in [6, 6.07) is 8.53. The molecule has 0 aliphatic rings. The molecule has 0 aliphatic carbocycles. The van der Waals surface area contributed by atoms with Crippen molar-refractivity contribution in [1.82, 2.24) is 19.9 Å². The lowest BCUT2D eigenvalue weighted by molar-refractivity contribution is 0.692. The number of aryl methyl sites for hydroxylation is 1. The number of nitrogens with one attached hydrogen (secondary N) is 1. The second-order valence-corrected chi connectivity index (χ2v) is 4.58. The van der Waals surface area contributed by atoms with Crippen LogP contribution >= 0.6 is 0 Å². The van der Waals surface area contributed by atoms with E-state index < -0.39 is 0 Å². The van der Waals surface area contributed by atoms with Crippen molar-refractivity contribution in [2.45, 2.75) is 13.0 Å². The van der Waals surface area contributed by atoms with Crippen LogP contribution in [0.5, 0.6) is 0 Å². The number of nitrogens with zero attached hydrogens (tertiary/aromatic N) is 3. The lowest BCUT2D eigenvalue weighted by Gasteiger charge is -2.18. The van der Waals surface area contributed by atoms with Crippen LogP contribution in [-0.4, -0.2) is 21.6 Å². The van der Waals surface area contributed by atoms with E-state index in [0.717, 1.165) is 11.1 Å². The fourth-order valence-electron chi connectivity index (χ4n) is 2.46. The minimum Gasteiger partial charge on any atom is -0.309 e. The predicted molar refractivity (Wildman–Crippen MR) is 75.1 cm³/mol. The highest BCUT2D eigenvalue weighted by Crippen LogP contribution is 2.27. The zero-order valence-corrected chi connectivity index (χ0v) is 11.0. The molecular formula is C15H16N4. The summed E-state index contributed by atoms with van der Waals surface area (Å²) >= 11 is 0. The van der Waals surface area contributed by atoms with Crippen molar-refractivity contribution in [2.75, 3.05) is 7.05 Å². The molecule has 0 aliphatic heterocycles. The number of hydrogen-bond donors (Lipinski definition) is 1. The fourth-order valence-corrected chi connectivity index (χ4v) is 2.46. The van der Waals surface area contributed by atoms with Gasteiger partial charge in [-0.1, -0.05) is 24.3 Å². The maximum absolute atomic E-state index is 4.38. The second-order valence-electron chi connectivity index (χ2n) is 4.58. The molecule has 0 fully saturated rings. The molecule has 4 heteroatoms. The molecule has 0 spiro atoms. The van der Waals surface area contributed by atoms with Crippen LogP contribution < -0.4 is 5.32 Å². The predicted octanol–water partition coefficient (Wildman–Crippen LogP) is 2.35. The average molecular weight is 252 g/mol. The van der Waals surface area contributed by atoms with Gasteiger partial charge in [-0.15, -0.1) is 0 Å². The Bertz CT molecular complexity index is 702. The third kappa shape index (κ3) is 2.00. The third-order valence-corrected chi connectivity index (χ3v) is 3.45. The van der Waals surface area contributed by atoms with Gasteiger partial charge >= 0.3 is 0 Å². The first-order valence-electron chi connectivity index (χ1n) is 6.31. The summed E-state index contributed by atoms with van der Waals surface area (Å²) in [5.41, 5.74) is 4.71. The summed E-state index contributed by atoms with van der Waals surface area (Å²) in [5.74, 6) is 0. The van der Waals surface area contributed by atoms with Crippen molar-refractivity contribution in [3.63, 3.8) is 0 Å². The zero-order valence-electron chi connectivity index (χ0n) is 11.0. The Morgan fingerprint density at radius 1 is 1.16 bits per heavy atom. The zero-order chi connectivity index (χ0) is 13.2. The second kappa shape index (κ2) is 4.82. The van der Waals surface area contributed by atoms with Gasteiger partial charge in [0.15, 0.2) is 0 Å². The Labute approximate surface area is 112 Å². The first kappa shape index (κ1) is 11.9. The first-order valence-corrected chi connectivity index (χ1v) is 6.31. The van der Waals surface area contributed by atoms with Crippen molar-refractivity contribution in [3.05, 3.63) is 65.7 Å². The van der Waals surface area contributed by atoms with Crippen LogP contribution in [0.2, 0.25) is 0 Å². The fraction of sp³-hybridized carbons (Fsp3) is 0.200. The van der Waals surface area contributed by atoms with Gasteiger partial charge in [0.1, 0.15) is 0 Å². The molecule has 2 aromatic heterocycles. The molecule has 1 N–H and O–H groups in total. The summed E-state index contributed by atoms with van der Waals surface area (Å²) in [6.45, 7) is 2.13. The summed E-state index contributed by atoms with van der Waals surface area (Å²) in [6.07, 6.45) is 7.37. The Hall–Kier alpha value is -2.20. The molecule has 1 aromatic carbocycles. The van der Waals surface area contributed by atoms with E-state index in [-0.39, 0.29) is 6.04 Å². The van der Waals surface area contributed by atoms with Gasteiger partial charge in [0, 0.05) is 18.0 Å². The highest BCUT2D eigenvalue weighted by molar-refractivity contribution is 5.56. The van der Waals surface area contributed by atoms with E-state index in [0.29, 0.717) is 0 Å². The maximum Gasteiger partial charge on any atom is 0.0896 e. The van der Waals surface area contributed by atoms with E-state index in [1.165, 1.54) is 11.1 Å². The van der Waals surface area contributed by atoms with Crippen LogP contribution in [0.1, 0.15) is 22.7 Å². The number of hydrogen-bond acceptors (Lipinski definition) is 3. The van der Waals surface area contributed by atoms with Crippen molar-refractivity contribution in [2.24, 2.45) is 0 Å². The van der Waals surface area contributed by atoms with E-state index in [4.69, 9.17) is 0 Å². The smallest absolute Gasteiger partial charge is 0.0896 e. The molecule has 1 atom stereocenters. The quantitative estimate of drug-likeness (QED) is 0.778. The SMILES string of the molecule is CNC(c1ccccc1C)c1cnn2ccncc12. The lowest BCUT2D eigenvalue weighted by atomic mass is 9.96. The normalized spacial score (nSPS) is 12.7. The molecule has 1 unspecified atom stereocenters. The van der Waals surface area contributed by atoms with E-state index in [2.05, 4.69) is 46.6 Å². The Morgan fingerprint density at radius 2 is 2.00 bits per heavy atom. The van der Waals surface area contributed by atoms with Gasteiger partial charge in [-0.25, -0.2) is 4.52 Å². The highest BCUT2D eigenvalue weighted by atomic mass is 15.2. The van der Waals surface area contributed by atoms with Crippen LogP contribution in [0.3, 0.4) is 0 Å². The summed E-state index contributed by atoms with van der Waals surface area (Å²) < 4.78 is 1.85. The Morgan fingerprint density at radius 3 is 2.79 bits per heavy atom. The van der Waals surface area contributed by atoms with Crippen LogP contribution in [0, 0.1) is 6.92 Å². The van der Waals surface area contributed by atoms with Crippen molar-refractivity contribution in [3.8, 4) is 0 Å². The molecule has 4 nitrogen and oxygen atoms in total.